The maximum Gasteiger partial charge on any atom is 0.326 e. The molecule has 1 aliphatic heterocycles. The lowest BCUT2D eigenvalue weighted by Crippen LogP contribution is -2.56. The summed E-state index contributed by atoms with van der Waals surface area (Å²) in [6.07, 6.45) is 1.18. The van der Waals surface area contributed by atoms with Gasteiger partial charge in [0, 0.05) is 13.0 Å². The van der Waals surface area contributed by atoms with E-state index in [1.54, 1.807) is 19.1 Å². The number of nitrogens with zero attached hydrogens (tertiary/aromatic N) is 1. The van der Waals surface area contributed by atoms with Crippen molar-refractivity contribution in [3.63, 3.8) is 0 Å². The average molecular weight is 521 g/mol. The lowest BCUT2D eigenvalue weighted by Gasteiger charge is -2.37. The molecule has 0 spiro atoms. The summed E-state index contributed by atoms with van der Waals surface area (Å²) in [7, 11) is 4.33. The van der Waals surface area contributed by atoms with E-state index in [4.69, 9.17) is 14.2 Å². The molecule has 196 valence electrons. The number of halogens is 1. The third-order valence-electron chi connectivity index (χ3n) is 6.28. The van der Waals surface area contributed by atoms with Crippen molar-refractivity contribution in [2.45, 2.75) is 50.9 Å². The van der Waals surface area contributed by atoms with Crippen LogP contribution in [0, 0.1) is 0 Å². The molecule has 0 saturated carbocycles. The lowest BCUT2D eigenvalue weighted by atomic mass is 9.92. The van der Waals surface area contributed by atoms with Crippen LogP contribution in [0.1, 0.15) is 30.0 Å². The fourth-order valence-electron chi connectivity index (χ4n) is 4.35. The van der Waals surface area contributed by atoms with Gasteiger partial charge in [0.25, 0.3) is 0 Å². The fraction of sp³-hybridized carbons (Fsp3) is 0.423. The summed E-state index contributed by atoms with van der Waals surface area (Å²) in [5.41, 5.74) is 2.63. The first kappa shape index (κ1) is 28.9. The van der Waals surface area contributed by atoms with Crippen LogP contribution >= 0.6 is 12.4 Å². The molecule has 3 atom stereocenters. The molecule has 0 saturated heterocycles. The number of rotatable bonds is 10. The quantitative estimate of drug-likeness (QED) is 0.459. The van der Waals surface area contributed by atoms with Gasteiger partial charge in [-0.05, 0) is 48.6 Å². The number of amides is 1. The van der Waals surface area contributed by atoms with Crippen LogP contribution in [0.5, 0.6) is 11.5 Å². The number of methoxy groups -OCH3 is 3. The standard InChI is InChI=1S/C26H32N2O7.ClH/c1-16(27-20(26(32)35-4)11-10-17-8-6-5-7-9-17)24(29)28-15-19-14-23(34-3)22(33-2)13-18(19)12-21(28)25(30)31;/h5-9,13-14,16,20-21,27H,10-12,15H2,1-4H3,(H,30,31);1H/t16-,20+,21-;/m0./s1. The molecule has 0 bridgehead atoms. The molecule has 0 radical (unpaired) electrons. The Kier molecular flexibility index (Phi) is 10.6. The number of carbonyl (C=O) groups is 3. The maximum atomic E-state index is 13.4. The Hall–Kier alpha value is -3.30. The number of carboxylic acid groups (broad SMARTS) is 1. The third-order valence-corrected chi connectivity index (χ3v) is 6.28. The third kappa shape index (κ3) is 6.67. The summed E-state index contributed by atoms with van der Waals surface area (Å²) in [4.78, 5) is 39.2. The summed E-state index contributed by atoms with van der Waals surface area (Å²) < 4.78 is 15.6. The minimum atomic E-state index is -1.10. The molecule has 1 amide bonds. The van der Waals surface area contributed by atoms with Crippen molar-refractivity contribution in [1.29, 1.82) is 0 Å². The van der Waals surface area contributed by atoms with Crippen molar-refractivity contribution in [2.75, 3.05) is 21.3 Å². The first-order valence-corrected chi connectivity index (χ1v) is 11.4. The summed E-state index contributed by atoms with van der Waals surface area (Å²) in [5.74, 6) is -0.975. The van der Waals surface area contributed by atoms with Gasteiger partial charge in [-0.2, -0.15) is 0 Å². The molecule has 0 fully saturated rings. The highest BCUT2D eigenvalue weighted by molar-refractivity contribution is 5.88. The maximum absolute atomic E-state index is 13.4. The van der Waals surface area contributed by atoms with Crippen LogP contribution < -0.4 is 14.8 Å². The van der Waals surface area contributed by atoms with E-state index in [2.05, 4.69) is 5.32 Å². The van der Waals surface area contributed by atoms with Gasteiger partial charge in [0.1, 0.15) is 12.1 Å². The zero-order chi connectivity index (χ0) is 25.5. The van der Waals surface area contributed by atoms with Crippen molar-refractivity contribution >= 4 is 30.3 Å². The van der Waals surface area contributed by atoms with Crippen molar-refractivity contribution in [3.8, 4) is 11.5 Å². The van der Waals surface area contributed by atoms with Gasteiger partial charge in [-0.15, -0.1) is 12.4 Å². The Morgan fingerprint density at radius 2 is 1.67 bits per heavy atom. The van der Waals surface area contributed by atoms with Crippen LogP contribution in [0.25, 0.3) is 0 Å². The zero-order valence-corrected chi connectivity index (χ0v) is 21.7. The molecule has 1 aliphatic rings. The molecular weight excluding hydrogens is 488 g/mol. The number of esters is 1. The van der Waals surface area contributed by atoms with E-state index in [0.29, 0.717) is 24.3 Å². The Balaban J connectivity index is 0.00000456. The number of ether oxygens (including phenoxy) is 3. The summed E-state index contributed by atoms with van der Waals surface area (Å²) in [5, 5.41) is 12.9. The van der Waals surface area contributed by atoms with Crippen molar-refractivity contribution in [2.24, 2.45) is 0 Å². The largest absolute Gasteiger partial charge is 0.493 e. The molecule has 1 heterocycles. The first-order valence-electron chi connectivity index (χ1n) is 11.4. The van der Waals surface area contributed by atoms with Crippen molar-refractivity contribution < 1.29 is 33.7 Å². The molecule has 2 aromatic carbocycles. The second-order valence-electron chi connectivity index (χ2n) is 8.49. The number of fused-ring (bicyclic) bond motifs is 1. The van der Waals surface area contributed by atoms with E-state index < -0.39 is 36.0 Å². The summed E-state index contributed by atoms with van der Waals surface area (Å²) in [6.45, 7) is 1.73. The number of hydrogen-bond acceptors (Lipinski definition) is 7. The molecule has 36 heavy (non-hydrogen) atoms. The van der Waals surface area contributed by atoms with Crippen LogP contribution in [-0.4, -0.2) is 67.3 Å². The number of hydrogen-bond donors (Lipinski definition) is 2. The number of aryl methyl sites for hydroxylation is 1. The van der Waals surface area contributed by atoms with E-state index in [1.165, 1.54) is 26.2 Å². The monoisotopic (exact) mass is 520 g/mol. The minimum absolute atomic E-state index is 0. The highest BCUT2D eigenvalue weighted by Crippen LogP contribution is 2.35. The van der Waals surface area contributed by atoms with Crippen LogP contribution in [0.4, 0.5) is 0 Å². The Bertz CT molecular complexity index is 1060. The van der Waals surface area contributed by atoms with Crippen LogP contribution in [0.3, 0.4) is 0 Å². The number of nitrogens with one attached hydrogen (secondary N) is 1. The highest BCUT2D eigenvalue weighted by atomic mass is 35.5. The van der Waals surface area contributed by atoms with Gasteiger partial charge in [-0.3, -0.25) is 14.9 Å². The second kappa shape index (κ2) is 13.1. The molecule has 0 aromatic heterocycles. The van der Waals surface area contributed by atoms with Crippen LogP contribution in [0.2, 0.25) is 0 Å². The summed E-state index contributed by atoms with van der Waals surface area (Å²) in [6, 6.07) is 10.7. The van der Waals surface area contributed by atoms with E-state index in [1.807, 2.05) is 30.3 Å². The van der Waals surface area contributed by atoms with Gasteiger partial charge < -0.3 is 24.2 Å². The molecule has 9 nitrogen and oxygen atoms in total. The smallest absolute Gasteiger partial charge is 0.326 e. The Morgan fingerprint density at radius 3 is 2.22 bits per heavy atom. The molecule has 0 unspecified atom stereocenters. The lowest BCUT2D eigenvalue weighted by molar-refractivity contribution is -0.153. The van der Waals surface area contributed by atoms with Gasteiger partial charge >= 0.3 is 11.9 Å². The molecule has 0 aliphatic carbocycles. The predicted molar refractivity (Wildman–Crippen MR) is 136 cm³/mol. The molecule has 2 aromatic rings. The predicted octanol–water partition coefficient (Wildman–Crippen LogP) is 2.62. The molecular formula is C26H33ClN2O7. The topological polar surface area (TPSA) is 114 Å². The van der Waals surface area contributed by atoms with Crippen LogP contribution in [-0.2, 0) is 38.5 Å². The minimum Gasteiger partial charge on any atom is -0.493 e. The number of aliphatic carboxylic acids is 1. The van der Waals surface area contributed by atoms with Gasteiger partial charge in [0.15, 0.2) is 11.5 Å². The average Bonchev–Trinajstić information content (AvgIpc) is 2.88. The molecule has 3 rings (SSSR count). The molecule has 10 heteroatoms. The van der Waals surface area contributed by atoms with E-state index in [-0.39, 0.29) is 25.4 Å². The van der Waals surface area contributed by atoms with Gasteiger partial charge in [0.05, 0.1) is 27.4 Å². The SMILES string of the molecule is COC(=O)[C@@H](CCc1ccccc1)N[C@@H](C)C(=O)N1Cc2cc(OC)c(OC)cc2C[C@H]1C(=O)O.Cl. The highest BCUT2D eigenvalue weighted by Gasteiger charge is 2.38. The van der Waals surface area contributed by atoms with Gasteiger partial charge in [-0.25, -0.2) is 4.79 Å². The summed E-state index contributed by atoms with van der Waals surface area (Å²) >= 11 is 0. The Morgan fingerprint density at radius 1 is 1.06 bits per heavy atom. The van der Waals surface area contributed by atoms with Gasteiger partial charge in [-0.1, -0.05) is 30.3 Å². The van der Waals surface area contributed by atoms with E-state index in [0.717, 1.165) is 16.7 Å². The van der Waals surface area contributed by atoms with E-state index in [9.17, 15) is 19.5 Å². The molecule has 2 N–H and O–H groups in total. The number of benzene rings is 2. The van der Waals surface area contributed by atoms with Crippen LogP contribution in [0.15, 0.2) is 42.5 Å². The first-order chi connectivity index (χ1) is 16.8. The van der Waals surface area contributed by atoms with Crippen molar-refractivity contribution in [3.05, 3.63) is 59.2 Å². The number of carbonyl (C=O) groups excluding carboxylic acids is 2. The van der Waals surface area contributed by atoms with Gasteiger partial charge in [0.2, 0.25) is 5.91 Å². The van der Waals surface area contributed by atoms with E-state index >= 15 is 0 Å². The zero-order valence-electron chi connectivity index (χ0n) is 20.9. The number of carboxylic acids is 1. The van der Waals surface area contributed by atoms with Crippen molar-refractivity contribution in [1.82, 2.24) is 10.2 Å². The second-order valence-corrected chi connectivity index (χ2v) is 8.49. The normalized spacial score (nSPS) is 16.1. The Labute approximate surface area is 217 Å². The fourth-order valence-corrected chi connectivity index (χ4v) is 4.35.